The van der Waals surface area contributed by atoms with Gasteiger partial charge in [-0.3, -0.25) is 4.79 Å². The number of fused-ring (bicyclic) bond motifs is 3. The van der Waals surface area contributed by atoms with Crippen molar-refractivity contribution in [3.63, 3.8) is 0 Å². The Morgan fingerprint density at radius 2 is 1.96 bits per heavy atom. The van der Waals surface area contributed by atoms with Crippen molar-refractivity contribution in [1.82, 2.24) is 9.97 Å². The molecular weight excluding hydrogens is 421 g/mol. The van der Waals surface area contributed by atoms with Gasteiger partial charge in [-0.05, 0) is 72.5 Å². The maximum absolute atomic E-state index is 15.1. The summed E-state index contributed by atoms with van der Waals surface area (Å²) in [6.07, 6.45) is 3.85. The first-order valence-corrected chi connectivity index (χ1v) is 10.3. The lowest BCUT2D eigenvalue weighted by Gasteiger charge is -2.47. The SMILES string of the molecule is Cc1ccc(-c2nc(Br)nc(NC3C4CCC(CC4)C3C(=O)O)c2F)s1. The van der Waals surface area contributed by atoms with Crippen LogP contribution in [0.4, 0.5) is 10.2 Å². The van der Waals surface area contributed by atoms with E-state index in [1.54, 1.807) is 0 Å². The Balaban J connectivity index is 1.70. The summed E-state index contributed by atoms with van der Waals surface area (Å²) in [4.78, 5) is 22.0. The van der Waals surface area contributed by atoms with Crippen molar-refractivity contribution in [3.05, 3.63) is 27.6 Å². The minimum absolute atomic E-state index is 0.0803. The van der Waals surface area contributed by atoms with E-state index in [0.29, 0.717) is 0 Å². The first-order valence-electron chi connectivity index (χ1n) is 8.73. The van der Waals surface area contributed by atoms with Gasteiger partial charge in [-0.2, -0.15) is 0 Å². The van der Waals surface area contributed by atoms with Crippen LogP contribution in [0.3, 0.4) is 0 Å². The Morgan fingerprint density at radius 3 is 2.58 bits per heavy atom. The number of aryl methyl sites for hydroxylation is 1. The number of aliphatic carboxylic acids is 1. The second-order valence-corrected chi connectivity index (χ2v) is 9.12. The number of hydrogen-bond donors (Lipinski definition) is 2. The van der Waals surface area contributed by atoms with Crippen LogP contribution in [0.1, 0.15) is 30.6 Å². The van der Waals surface area contributed by atoms with Crippen LogP contribution < -0.4 is 5.32 Å². The van der Waals surface area contributed by atoms with Crippen molar-refractivity contribution < 1.29 is 14.3 Å². The Kier molecular flexibility index (Phi) is 4.73. The second-order valence-electron chi connectivity index (χ2n) is 7.12. The van der Waals surface area contributed by atoms with Gasteiger partial charge >= 0.3 is 5.97 Å². The summed E-state index contributed by atoms with van der Waals surface area (Å²) in [6.45, 7) is 1.96. The van der Waals surface area contributed by atoms with Crippen molar-refractivity contribution in [2.45, 2.75) is 38.6 Å². The van der Waals surface area contributed by atoms with E-state index in [9.17, 15) is 9.90 Å². The topological polar surface area (TPSA) is 75.1 Å². The number of nitrogens with one attached hydrogen (secondary N) is 1. The van der Waals surface area contributed by atoms with E-state index < -0.39 is 17.7 Å². The zero-order valence-electron chi connectivity index (χ0n) is 14.2. The van der Waals surface area contributed by atoms with E-state index in [-0.39, 0.29) is 34.1 Å². The van der Waals surface area contributed by atoms with Gasteiger partial charge in [0.05, 0.1) is 10.8 Å². The van der Waals surface area contributed by atoms with Crippen LogP contribution in [0.25, 0.3) is 10.6 Å². The Hall–Kier alpha value is -1.54. The molecule has 0 aromatic carbocycles. The molecule has 5 rings (SSSR count). The molecule has 138 valence electrons. The molecule has 2 heterocycles. The molecule has 2 aromatic heterocycles. The molecule has 2 atom stereocenters. The minimum atomic E-state index is -0.806. The zero-order chi connectivity index (χ0) is 18.4. The highest BCUT2D eigenvalue weighted by atomic mass is 79.9. The van der Waals surface area contributed by atoms with Crippen molar-refractivity contribution in [1.29, 1.82) is 0 Å². The van der Waals surface area contributed by atoms with Gasteiger partial charge in [0, 0.05) is 10.9 Å². The molecule has 8 heteroatoms. The summed E-state index contributed by atoms with van der Waals surface area (Å²) in [5.74, 6) is -1.36. The average Bonchev–Trinajstić information content (AvgIpc) is 3.04. The zero-order valence-corrected chi connectivity index (χ0v) is 16.6. The van der Waals surface area contributed by atoms with Gasteiger partial charge in [-0.1, -0.05) is 0 Å². The Bertz CT molecular complexity index is 851. The molecule has 3 aliphatic carbocycles. The molecule has 3 saturated carbocycles. The first kappa shape index (κ1) is 17.9. The molecule has 5 nitrogen and oxygen atoms in total. The summed E-state index contributed by atoms with van der Waals surface area (Å²) in [6, 6.07) is 3.46. The van der Waals surface area contributed by atoms with Gasteiger partial charge in [0.2, 0.25) is 0 Å². The lowest BCUT2D eigenvalue weighted by atomic mass is 9.61. The number of carboxylic acid groups (broad SMARTS) is 1. The molecule has 2 unspecified atom stereocenters. The van der Waals surface area contributed by atoms with Crippen LogP contribution in [-0.2, 0) is 4.79 Å². The molecule has 2 bridgehead atoms. The van der Waals surface area contributed by atoms with Gasteiger partial charge in [-0.25, -0.2) is 14.4 Å². The van der Waals surface area contributed by atoms with Crippen LogP contribution >= 0.6 is 27.3 Å². The summed E-state index contributed by atoms with van der Waals surface area (Å²) in [5, 5.41) is 12.8. The average molecular weight is 440 g/mol. The van der Waals surface area contributed by atoms with E-state index in [1.165, 1.54) is 11.3 Å². The molecule has 0 radical (unpaired) electrons. The van der Waals surface area contributed by atoms with Crippen LogP contribution in [-0.4, -0.2) is 27.1 Å². The van der Waals surface area contributed by atoms with Crippen LogP contribution in [0.5, 0.6) is 0 Å². The van der Waals surface area contributed by atoms with Gasteiger partial charge in [0.1, 0.15) is 5.69 Å². The highest BCUT2D eigenvalue weighted by Crippen LogP contribution is 2.46. The van der Waals surface area contributed by atoms with Crippen LogP contribution in [0, 0.1) is 30.5 Å². The standard InChI is InChI=1S/C18H19BrFN3O2S/c1-8-2-7-11(26-8)15-13(20)16(23-18(19)22-15)21-14-10-5-3-9(4-6-10)12(14)17(24)25/h2,7,9-10,12,14H,3-6H2,1H3,(H,24,25)(H,21,22,23). The molecule has 0 amide bonds. The second kappa shape index (κ2) is 6.88. The lowest BCUT2D eigenvalue weighted by molar-refractivity contribution is -0.148. The van der Waals surface area contributed by atoms with Gasteiger partial charge in [0.25, 0.3) is 0 Å². The molecule has 26 heavy (non-hydrogen) atoms. The quantitative estimate of drug-likeness (QED) is 0.674. The smallest absolute Gasteiger partial charge is 0.308 e. The maximum Gasteiger partial charge on any atom is 0.308 e. The summed E-state index contributed by atoms with van der Waals surface area (Å²) >= 11 is 4.72. The first-order chi connectivity index (χ1) is 12.4. The van der Waals surface area contributed by atoms with Gasteiger partial charge in [-0.15, -0.1) is 11.3 Å². The molecule has 2 aromatic rings. The fourth-order valence-electron chi connectivity index (χ4n) is 4.41. The van der Waals surface area contributed by atoms with Crippen LogP contribution in [0.2, 0.25) is 0 Å². The number of anilines is 1. The highest BCUT2D eigenvalue weighted by Gasteiger charge is 2.47. The lowest BCUT2D eigenvalue weighted by Crippen LogP contribution is -2.51. The molecular formula is C18H19BrFN3O2S. The van der Waals surface area contributed by atoms with E-state index in [2.05, 4.69) is 31.2 Å². The fourth-order valence-corrected chi connectivity index (χ4v) is 5.62. The predicted molar refractivity (Wildman–Crippen MR) is 102 cm³/mol. The van der Waals surface area contributed by atoms with Gasteiger partial charge < -0.3 is 10.4 Å². The predicted octanol–water partition coefficient (Wildman–Crippen LogP) is 4.72. The molecule has 3 fully saturated rings. The van der Waals surface area contributed by atoms with E-state index in [4.69, 9.17) is 0 Å². The summed E-state index contributed by atoms with van der Waals surface area (Å²) in [7, 11) is 0. The largest absolute Gasteiger partial charge is 0.481 e. The van der Waals surface area contributed by atoms with E-state index >= 15 is 4.39 Å². The third-order valence-electron chi connectivity index (χ3n) is 5.61. The molecule has 0 spiro atoms. The number of thiophene rings is 1. The molecule has 3 aliphatic rings. The van der Waals surface area contributed by atoms with E-state index in [1.807, 2.05) is 19.1 Å². The summed E-state index contributed by atoms with van der Waals surface area (Å²) in [5.41, 5.74) is 0.236. The van der Waals surface area contributed by atoms with Crippen molar-refractivity contribution in [2.75, 3.05) is 5.32 Å². The number of carbonyl (C=O) groups is 1. The summed E-state index contributed by atoms with van der Waals surface area (Å²) < 4.78 is 15.4. The number of hydrogen-bond acceptors (Lipinski definition) is 5. The maximum atomic E-state index is 15.1. The number of carboxylic acids is 1. The number of aromatic nitrogens is 2. The van der Waals surface area contributed by atoms with Crippen LogP contribution in [0.15, 0.2) is 16.9 Å². The van der Waals surface area contributed by atoms with E-state index in [0.717, 1.165) is 35.4 Å². The third-order valence-corrected chi connectivity index (χ3v) is 6.97. The number of nitrogens with zero attached hydrogens (tertiary/aromatic N) is 2. The minimum Gasteiger partial charge on any atom is -0.481 e. The van der Waals surface area contributed by atoms with Crippen molar-refractivity contribution in [3.8, 4) is 10.6 Å². The fraction of sp³-hybridized carbons (Fsp3) is 0.500. The van der Waals surface area contributed by atoms with Crippen molar-refractivity contribution in [2.24, 2.45) is 17.8 Å². The number of rotatable bonds is 4. The molecule has 0 saturated heterocycles. The normalized spacial score (nSPS) is 27.5. The number of halogens is 2. The highest BCUT2D eigenvalue weighted by molar-refractivity contribution is 9.10. The Morgan fingerprint density at radius 1 is 1.27 bits per heavy atom. The Labute approximate surface area is 163 Å². The molecule has 0 aliphatic heterocycles. The molecule has 2 N–H and O–H groups in total. The van der Waals surface area contributed by atoms with Crippen molar-refractivity contribution >= 4 is 39.1 Å². The monoisotopic (exact) mass is 439 g/mol. The van der Waals surface area contributed by atoms with Gasteiger partial charge in [0.15, 0.2) is 16.4 Å². The third kappa shape index (κ3) is 3.13.